The zero-order chi connectivity index (χ0) is 18.7. The van der Waals surface area contributed by atoms with Gasteiger partial charge in [-0.05, 0) is 23.3 Å². The van der Waals surface area contributed by atoms with Crippen LogP contribution in [0.2, 0.25) is 0 Å². The lowest BCUT2D eigenvalue weighted by atomic mass is 9.97. The van der Waals surface area contributed by atoms with E-state index in [4.69, 9.17) is 19.9 Å². The Labute approximate surface area is 152 Å². The van der Waals surface area contributed by atoms with Gasteiger partial charge in [0.1, 0.15) is 11.9 Å². The molecule has 1 aliphatic rings. The third-order valence-electron chi connectivity index (χ3n) is 4.27. The summed E-state index contributed by atoms with van der Waals surface area (Å²) in [6.45, 7) is 4.11. The summed E-state index contributed by atoms with van der Waals surface area (Å²) in [5, 5.41) is 10.7. The number of rotatable bonds is 5. The predicted octanol–water partition coefficient (Wildman–Crippen LogP) is 3.59. The molecule has 1 unspecified atom stereocenters. The fraction of sp³-hybridized carbons (Fsp3) is 0.350. The Bertz CT molecular complexity index is 775. The molecule has 0 fully saturated rings. The predicted molar refractivity (Wildman–Crippen MR) is 95.4 cm³/mol. The van der Waals surface area contributed by atoms with Crippen molar-refractivity contribution in [2.45, 2.75) is 44.9 Å². The molecule has 2 aromatic rings. The fourth-order valence-electron chi connectivity index (χ4n) is 2.96. The number of carbonyl (C=O) groups is 1. The molecule has 1 heterocycles. The summed E-state index contributed by atoms with van der Waals surface area (Å²) < 4.78 is 16.6. The second kappa shape index (κ2) is 7.35. The van der Waals surface area contributed by atoms with Crippen LogP contribution in [0, 0.1) is 0 Å². The van der Waals surface area contributed by atoms with Crippen molar-refractivity contribution in [3.05, 3.63) is 65.2 Å². The summed E-state index contributed by atoms with van der Waals surface area (Å²) in [5.41, 5.74) is 7.53. The molecule has 1 aliphatic heterocycles. The maximum atomic E-state index is 11.2. The summed E-state index contributed by atoms with van der Waals surface area (Å²) >= 11 is 0. The number of carbonyl (C=O) groups excluding carboxylic acids is 1. The Balaban J connectivity index is 1.77. The summed E-state index contributed by atoms with van der Waals surface area (Å²) in [6, 6.07) is 14.7. The van der Waals surface area contributed by atoms with E-state index in [2.05, 4.69) is 0 Å². The SMILES string of the molecule is CC1(C)OCc2cc([C@H](O)CC(OC(N)=O)c3ccccc3)ccc2O1. The second-order valence-electron chi connectivity index (χ2n) is 6.75. The summed E-state index contributed by atoms with van der Waals surface area (Å²) in [7, 11) is 0. The van der Waals surface area contributed by atoms with Gasteiger partial charge in [0.05, 0.1) is 12.7 Å². The van der Waals surface area contributed by atoms with Crippen molar-refractivity contribution in [1.82, 2.24) is 0 Å². The Morgan fingerprint density at radius 1 is 1.23 bits per heavy atom. The van der Waals surface area contributed by atoms with E-state index in [-0.39, 0.29) is 6.42 Å². The van der Waals surface area contributed by atoms with E-state index >= 15 is 0 Å². The highest BCUT2D eigenvalue weighted by Crippen LogP contribution is 2.35. The van der Waals surface area contributed by atoms with E-state index < -0.39 is 24.1 Å². The number of benzene rings is 2. The molecule has 3 rings (SSSR count). The van der Waals surface area contributed by atoms with Gasteiger partial charge in [0.15, 0.2) is 0 Å². The Hall–Kier alpha value is -2.57. The highest BCUT2D eigenvalue weighted by atomic mass is 16.7. The van der Waals surface area contributed by atoms with Crippen LogP contribution in [0.3, 0.4) is 0 Å². The molecule has 26 heavy (non-hydrogen) atoms. The molecular weight excluding hydrogens is 334 g/mol. The van der Waals surface area contributed by atoms with Gasteiger partial charge in [-0.25, -0.2) is 4.79 Å². The van der Waals surface area contributed by atoms with Crippen LogP contribution in [0.15, 0.2) is 48.5 Å². The molecule has 0 saturated carbocycles. The van der Waals surface area contributed by atoms with E-state index in [9.17, 15) is 9.90 Å². The minimum Gasteiger partial charge on any atom is -0.463 e. The molecule has 0 radical (unpaired) electrons. The van der Waals surface area contributed by atoms with Crippen LogP contribution in [0.4, 0.5) is 4.79 Å². The summed E-state index contributed by atoms with van der Waals surface area (Å²) in [4.78, 5) is 11.2. The zero-order valence-corrected chi connectivity index (χ0v) is 14.8. The standard InChI is InChI=1S/C20H23NO5/c1-20(2)24-12-15-10-14(8-9-17(15)26-20)16(22)11-18(25-19(21)23)13-6-4-3-5-7-13/h3-10,16,18,22H,11-12H2,1-2H3,(H2,21,23)/t16-,18?/m1/s1. The van der Waals surface area contributed by atoms with Gasteiger partial charge < -0.3 is 25.1 Å². The van der Waals surface area contributed by atoms with Crippen molar-refractivity contribution in [2.24, 2.45) is 5.73 Å². The third kappa shape index (κ3) is 4.33. The quantitative estimate of drug-likeness (QED) is 0.853. The largest absolute Gasteiger partial charge is 0.463 e. The monoisotopic (exact) mass is 357 g/mol. The number of amides is 1. The number of aliphatic hydroxyl groups excluding tert-OH is 1. The lowest BCUT2D eigenvalue weighted by molar-refractivity contribution is -0.180. The molecule has 0 aromatic heterocycles. The van der Waals surface area contributed by atoms with Crippen LogP contribution in [0.25, 0.3) is 0 Å². The number of ether oxygens (including phenoxy) is 3. The third-order valence-corrected chi connectivity index (χ3v) is 4.27. The number of primary amides is 1. The topological polar surface area (TPSA) is 91.0 Å². The number of nitrogens with two attached hydrogens (primary N) is 1. The molecule has 3 N–H and O–H groups in total. The van der Waals surface area contributed by atoms with Crippen LogP contribution in [-0.4, -0.2) is 17.0 Å². The average molecular weight is 357 g/mol. The molecule has 6 heteroatoms. The van der Waals surface area contributed by atoms with Crippen LogP contribution in [-0.2, 0) is 16.1 Å². The molecule has 0 aliphatic carbocycles. The normalized spacial score (nSPS) is 17.5. The summed E-state index contributed by atoms with van der Waals surface area (Å²) in [5.74, 6) is 0.0751. The minimum atomic E-state index is -0.875. The van der Waals surface area contributed by atoms with Gasteiger partial charge in [-0.15, -0.1) is 0 Å². The number of hydrogen-bond acceptors (Lipinski definition) is 5. The zero-order valence-electron chi connectivity index (χ0n) is 14.8. The van der Waals surface area contributed by atoms with Gasteiger partial charge in [-0.1, -0.05) is 36.4 Å². The molecule has 0 bridgehead atoms. The second-order valence-corrected chi connectivity index (χ2v) is 6.75. The van der Waals surface area contributed by atoms with Crippen molar-refractivity contribution >= 4 is 6.09 Å². The maximum Gasteiger partial charge on any atom is 0.405 e. The average Bonchev–Trinajstić information content (AvgIpc) is 2.60. The number of fused-ring (bicyclic) bond motifs is 1. The van der Waals surface area contributed by atoms with Crippen molar-refractivity contribution in [3.63, 3.8) is 0 Å². The molecule has 6 nitrogen and oxygen atoms in total. The molecule has 2 atom stereocenters. The van der Waals surface area contributed by atoms with Gasteiger partial charge >= 0.3 is 6.09 Å². The first-order valence-corrected chi connectivity index (χ1v) is 8.49. The first-order valence-electron chi connectivity index (χ1n) is 8.49. The minimum absolute atomic E-state index is 0.193. The van der Waals surface area contributed by atoms with E-state index in [1.165, 1.54) is 0 Å². The molecule has 138 valence electrons. The highest BCUT2D eigenvalue weighted by Gasteiger charge is 2.28. The van der Waals surface area contributed by atoms with Crippen LogP contribution >= 0.6 is 0 Å². The van der Waals surface area contributed by atoms with Gasteiger partial charge in [-0.2, -0.15) is 0 Å². The van der Waals surface area contributed by atoms with E-state index in [0.717, 1.165) is 16.9 Å². The van der Waals surface area contributed by atoms with Gasteiger partial charge in [-0.3, -0.25) is 0 Å². The van der Waals surface area contributed by atoms with Crippen LogP contribution < -0.4 is 10.5 Å². The van der Waals surface area contributed by atoms with Crippen molar-refractivity contribution in [3.8, 4) is 5.75 Å². The Morgan fingerprint density at radius 2 is 1.96 bits per heavy atom. The molecule has 1 amide bonds. The molecular formula is C20H23NO5. The van der Waals surface area contributed by atoms with Gasteiger partial charge in [0, 0.05) is 25.8 Å². The van der Waals surface area contributed by atoms with Crippen LogP contribution in [0.1, 0.15) is 49.2 Å². The molecule has 0 spiro atoms. The van der Waals surface area contributed by atoms with Crippen molar-refractivity contribution < 1.29 is 24.1 Å². The van der Waals surface area contributed by atoms with E-state index in [0.29, 0.717) is 12.2 Å². The van der Waals surface area contributed by atoms with Crippen LogP contribution in [0.5, 0.6) is 5.75 Å². The molecule has 2 aromatic carbocycles. The van der Waals surface area contributed by atoms with Gasteiger partial charge in [0.2, 0.25) is 5.79 Å². The highest BCUT2D eigenvalue weighted by molar-refractivity contribution is 5.65. The Morgan fingerprint density at radius 3 is 2.65 bits per heavy atom. The lowest BCUT2D eigenvalue weighted by Crippen LogP contribution is -2.35. The Kier molecular flexibility index (Phi) is 5.15. The van der Waals surface area contributed by atoms with Crippen molar-refractivity contribution in [2.75, 3.05) is 0 Å². The smallest absolute Gasteiger partial charge is 0.405 e. The maximum absolute atomic E-state index is 11.2. The number of hydrogen-bond donors (Lipinski definition) is 2. The first-order chi connectivity index (χ1) is 12.3. The first kappa shape index (κ1) is 18.2. The van der Waals surface area contributed by atoms with Gasteiger partial charge in [0.25, 0.3) is 0 Å². The van der Waals surface area contributed by atoms with E-state index in [1.807, 2.05) is 56.3 Å². The van der Waals surface area contributed by atoms with Crippen molar-refractivity contribution in [1.29, 1.82) is 0 Å². The summed E-state index contributed by atoms with van der Waals surface area (Å²) in [6.07, 6.45) is -2.15. The number of aliphatic hydroxyl groups is 1. The fourth-order valence-corrected chi connectivity index (χ4v) is 2.96. The lowest BCUT2D eigenvalue weighted by Gasteiger charge is -2.33. The van der Waals surface area contributed by atoms with E-state index in [1.54, 1.807) is 6.07 Å². The molecule has 0 saturated heterocycles.